The molecule has 0 spiro atoms. The number of aromatic hydroxyl groups is 1. The first-order valence-corrected chi connectivity index (χ1v) is 6.43. The normalized spacial score (nSPS) is 10.8. The number of thiazole rings is 1. The van der Waals surface area contributed by atoms with Gasteiger partial charge in [0.25, 0.3) is 0 Å². The molecule has 1 aromatic heterocycles. The maximum Gasteiger partial charge on any atom is 0.168 e. The molecule has 0 radical (unpaired) electrons. The van der Waals surface area contributed by atoms with Gasteiger partial charge in [-0.15, -0.1) is 11.3 Å². The zero-order valence-corrected chi connectivity index (χ0v) is 10.9. The fraction of sp³-hybridized carbons (Fsp3) is 0.0714. The lowest BCUT2D eigenvalue weighted by atomic mass is 10.2. The predicted octanol–water partition coefficient (Wildman–Crippen LogP) is 3.82. The SMILES string of the molecule is COc1cccc(-c2nc3ccc(F)cc3s2)c1O. The Morgan fingerprint density at radius 2 is 2.11 bits per heavy atom. The Morgan fingerprint density at radius 1 is 1.26 bits per heavy atom. The highest BCUT2D eigenvalue weighted by molar-refractivity contribution is 7.21. The van der Waals surface area contributed by atoms with Gasteiger partial charge in [0.05, 0.1) is 22.9 Å². The second-order valence-electron chi connectivity index (χ2n) is 3.99. The molecule has 5 heteroatoms. The standard InChI is InChI=1S/C14H10FNO2S/c1-18-11-4-2-3-9(13(11)17)14-16-10-6-5-8(15)7-12(10)19-14/h2-7,17H,1H3. The summed E-state index contributed by atoms with van der Waals surface area (Å²) >= 11 is 1.33. The number of nitrogens with zero attached hydrogens (tertiary/aromatic N) is 1. The van der Waals surface area contributed by atoms with Gasteiger partial charge in [0.2, 0.25) is 0 Å². The van der Waals surface area contributed by atoms with Crippen LogP contribution < -0.4 is 4.74 Å². The molecule has 3 aromatic rings. The Kier molecular flexibility index (Phi) is 2.83. The molecule has 0 amide bonds. The lowest BCUT2D eigenvalue weighted by Crippen LogP contribution is -1.85. The van der Waals surface area contributed by atoms with Crippen molar-refractivity contribution in [3.8, 4) is 22.1 Å². The number of aromatic nitrogens is 1. The van der Waals surface area contributed by atoms with Crippen LogP contribution in [0.4, 0.5) is 4.39 Å². The van der Waals surface area contributed by atoms with Gasteiger partial charge in [-0.1, -0.05) is 6.07 Å². The number of fused-ring (bicyclic) bond motifs is 1. The third-order valence-corrected chi connectivity index (χ3v) is 3.85. The third kappa shape index (κ3) is 2.02. The third-order valence-electron chi connectivity index (χ3n) is 2.80. The van der Waals surface area contributed by atoms with Crippen LogP contribution in [0.15, 0.2) is 36.4 Å². The van der Waals surface area contributed by atoms with E-state index in [1.807, 2.05) is 0 Å². The summed E-state index contributed by atoms with van der Waals surface area (Å²) in [7, 11) is 1.49. The summed E-state index contributed by atoms with van der Waals surface area (Å²) in [5.41, 5.74) is 1.30. The Bertz CT molecular complexity index is 754. The minimum atomic E-state index is -0.294. The molecule has 1 heterocycles. The van der Waals surface area contributed by atoms with Crippen LogP contribution in [-0.2, 0) is 0 Å². The van der Waals surface area contributed by atoms with Crippen LogP contribution in [0.5, 0.6) is 11.5 Å². The number of halogens is 1. The zero-order chi connectivity index (χ0) is 13.4. The molecule has 0 fully saturated rings. The van der Waals surface area contributed by atoms with Gasteiger partial charge in [-0.3, -0.25) is 0 Å². The van der Waals surface area contributed by atoms with Crippen molar-refractivity contribution in [3.05, 3.63) is 42.2 Å². The van der Waals surface area contributed by atoms with Crippen molar-refractivity contribution >= 4 is 21.6 Å². The van der Waals surface area contributed by atoms with Crippen molar-refractivity contribution in [1.29, 1.82) is 0 Å². The first kappa shape index (κ1) is 11.9. The molecule has 0 saturated carbocycles. The first-order valence-electron chi connectivity index (χ1n) is 5.61. The van der Waals surface area contributed by atoms with E-state index in [1.54, 1.807) is 24.3 Å². The summed E-state index contributed by atoms with van der Waals surface area (Å²) in [5.74, 6) is 0.144. The highest BCUT2D eigenvalue weighted by Crippen LogP contribution is 2.39. The predicted molar refractivity (Wildman–Crippen MR) is 73.2 cm³/mol. The molecule has 0 atom stereocenters. The summed E-state index contributed by atoms with van der Waals surface area (Å²) in [4.78, 5) is 4.40. The fourth-order valence-corrected chi connectivity index (χ4v) is 2.89. The van der Waals surface area contributed by atoms with E-state index >= 15 is 0 Å². The van der Waals surface area contributed by atoms with Crippen molar-refractivity contribution in [3.63, 3.8) is 0 Å². The number of benzene rings is 2. The van der Waals surface area contributed by atoms with Crippen molar-refractivity contribution in [2.24, 2.45) is 0 Å². The molecule has 2 aromatic carbocycles. The molecule has 0 aliphatic heterocycles. The molecular formula is C14H10FNO2S. The number of hydrogen-bond acceptors (Lipinski definition) is 4. The highest BCUT2D eigenvalue weighted by atomic mass is 32.1. The molecule has 0 unspecified atom stereocenters. The summed E-state index contributed by atoms with van der Waals surface area (Å²) in [6.45, 7) is 0. The number of para-hydroxylation sites is 1. The maximum absolute atomic E-state index is 13.2. The first-order chi connectivity index (χ1) is 9.19. The van der Waals surface area contributed by atoms with Gasteiger partial charge in [0, 0.05) is 0 Å². The highest BCUT2D eigenvalue weighted by Gasteiger charge is 2.13. The van der Waals surface area contributed by atoms with Gasteiger partial charge in [-0.2, -0.15) is 0 Å². The molecule has 0 bridgehead atoms. The van der Waals surface area contributed by atoms with Crippen LogP contribution in [0.25, 0.3) is 20.8 Å². The van der Waals surface area contributed by atoms with Crippen LogP contribution in [0.2, 0.25) is 0 Å². The van der Waals surface area contributed by atoms with Crippen molar-refractivity contribution in [1.82, 2.24) is 4.98 Å². The Balaban J connectivity index is 2.19. The fourth-order valence-electron chi connectivity index (χ4n) is 1.87. The maximum atomic E-state index is 13.2. The smallest absolute Gasteiger partial charge is 0.168 e. The van der Waals surface area contributed by atoms with Gasteiger partial charge in [-0.05, 0) is 30.3 Å². The number of ether oxygens (including phenoxy) is 1. The lowest BCUT2D eigenvalue weighted by Gasteiger charge is -2.05. The molecule has 0 aliphatic carbocycles. The number of phenolic OH excluding ortho intramolecular Hbond substituents is 1. The van der Waals surface area contributed by atoms with Crippen molar-refractivity contribution in [2.45, 2.75) is 0 Å². The largest absolute Gasteiger partial charge is 0.504 e. The van der Waals surface area contributed by atoms with Gasteiger partial charge in [-0.25, -0.2) is 9.37 Å². The summed E-state index contributed by atoms with van der Waals surface area (Å²) < 4.78 is 19.0. The second kappa shape index (κ2) is 4.51. The molecule has 0 saturated heterocycles. The zero-order valence-electron chi connectivity index (χ0n) is 10.1. The topological polar surface area (TPSA) is 42.4 Å². The van der Waals surface area contributed by atoms with Crippen LogP contribution >= 0.6 is 11.3 Å². The molecule has 96 valence electrons. The van der Waals surface area contributed by atoms with Gasteiger partial charge >= 0.3 is 0 Å². The van der Waals surface area contributed by atoms with E-state index in [9.17, 15) is 9.50 Å². The average molecular weight is 275 g/mol. The molecular weight excluding hydrogens is 265 g/mol. The number of phenols is 1. The lowest BCUT2D eigenvalue weighted by molar-refractivity contribution is 0.374. The minimum Gasteiger partial charge on any atom is -0.504 e. The molecule has 3 nitrogen and oxygen atoms in total. The quantitative estimate of drug-likeness (QED) is 0.773. The molecule has 19 heavy (non-hydrogen) atoms. The van der Waals surface area contributed by atoms with E-state index in [-0.39, 0.29) is 11.6 Å². The summed E-state index contributed by atoms with van der Waals surface area (Å²) in [6, 6.07) is 9.64. The Hall–Kier alpha value is -2.14. The van der Waals surface area contributed by atoms with Gasteiger partial charge in [0.1, 0.15) is 10.8 Å². The van der Waals surface area contributed by atoms with Crippen molar-refractivity contribution in [2.75, 3.05) is 7.11 Å². The van der Waals surface area contributed by atoms with Crippen LogP contribution in [0.3, 0.4) is 0 Å². The second-order valence-corrected chi connectivity index (χ2v) is 5.02. The van der Waals surface area contributed by atoms with E-state index in [4.69, 9.17) is 4.74 Å². The van der Waals surface area contributed by atoms with E-state index in [0.29, 0.717) is 21.8 Å². The van der Waals surface area contributed by atoms with Crippen LogP contribution in [0.1, 0.15) is 0 Å². The molecule has 1 N–H and O–H groups in total. The van der Waals surface area contributed by atoms with E-state index < -0.39 is 0 Å². The number of methoxy groups -OCH3 is 1. The van der Waals surface area contributed by atoms with E-state index in [2.05, 4.69) is 4.98 Å². The number of hydrogen-bond donors (Lipinski definition) is 1. The van der Waals surface area contributed by atoms with Crippen LogP contribution in [0, 0.1) is 5.82 Å². The van der Waals surface area contributed by atoms with E-state index in [0.717, 1.165) is 4.70 Å². The van der Waals surface area contributed by atoms with Crippen molar-refractivity contribution < 1.29 is 14.2 Å². The van der Waals surface area contributed by atoms with Gasteiger partial charge < -0.3 is 9.84 Å². The number of rotatable bonds is 2. The minimum absolute atomic E-state index is 0.0459. The Labute approximate surface area is 112 Å². The van der Waals surface area contributed by atoms with E-state index in [1.165, 1.54) is 30.6 Å². The molecule has 3 rings (SSSR count). The van der Waals surface area contributed by atoms with Gasteiger partial charge in [0.15, 0.2) is 11.5 Å². The van der Waals surface area contributed by atoms with Crippen LogP contribution in [-0.4, -0.2) is 17.2 Å². The Morgan fingerprint density at radius 3 is 2.89 bits per heavy atom. The monoisotopic (exact) mass is 275 g/mol. The summed E-state index contributed by atoms with van der Waals surface area (Å²) in [6.07, 6.45) is 0. The summed E-state index contributed by atoms with van der Waals surface area (Å²) in [5, 5.41) is 10.7. The molecule has 0 aliphatic rings. The average Bonchev–Trinajstić information content (AvgIpc) is 2.81.